The molecule has 4 nitrogen and oxygen atoms in total. The number of anilines is 1. The van der Waals surface area contributed by atoms with E-state index in [2.05, 4.69) is 42.3 Å². The molecule has 1 fully saturated rings. The summed E-state index contributed by atoms with van der Waals surface area (Å²) in [5.74, 6) is 0.0666. The van der Waals surface area contributed by atoms with Gasteiger partial charge in [0.15, 0.2) is 0 Å². The van der Waals surface area contributed by atoms with Gasteiger partial charge in [0.05, 0.1) is 16.3 Å². The van der Waals surface area contributed by atoms with Crippen LogP contribution in [0.2, 0.25) is 0 Å². The predicted molar refractivity (Wildman–Crippen MR) is 118 cm³/mol. The van der Waals surface area contributed by atoms with E-state index in [4.69, 9.17) is 4.98 Å². The van der Waals surface area contributed by atoms with E-state index in [1.165, 1.54) is 29.5 Å². The highest BCUT2D eigenvalue weighted by molar-refractivity contribution is 7.21. The molecule has 1 N–H and O–H groups in total. The smallest absolute Gasteiger partial charge is 0.241 e. The summed E-state index contributed by atoms with van der Waals surface area (Å²) >= 11 is 1.70. The minimum Gasteiger partial charge on any atom is -0.325 e. The van der Waals surface area contributed by atoms with Crippen molar-refractivity contribution in [3.63, 3.8) is 0 Å². The fourth-order valence-corrected chi connectivity index (χ4v) is 5.01. The number of likely N-dealkylation sites (tertiary alicyclic amines) is 1. The molecule has 0 unspecified atom stereocenters. The van der Waals surface area contributed by atoms with E-state index in [-0.39, 0.29) is 11.9 Å². The van der Waals surface area contributed by atoms with E-state index in [9.17, 15) is 4.79 Å². The van der Waals surface area contributed by atoms with Gasteiger partial charge in [-0.25, -0.2) is 4.98 Å². The van der Waals surface area contributed by atoms with Gasteiger partial charge < -0.3 is 5.32 Å². The Morgan fingerprint density at radius 2 is 2.00 bits per heavy atom. The van der Waals surface area contributed by atoms with Gasteiger partial charge in [-0.05, 0) is 82.1 Å². The van der Waals surface area contributed by atoms with Crippen LogP contribution in [0.1, 0.15) is 38.7 Å². The quantitative estimate of drug-likeness (QED) is 0.639. The Balaban J connectivity index is 1.45. The topological polar surface area (TPSA) is 45.2 Å². The highest BCUT2D eigenvalue weighted by Crippen LogP contribution is 2.31. The van der Waals surface area contributed by atoms with Gasteiger partial charge in [-0.3, -0.25) is 9.69 Å². The standard InChI is InChI=1S/C23H27N3OS/c1-15-7-12-20-21(14-15)28-23(25-20)18-8-10-19(11-9-18)24-22(27)17(3)26-13-5-4-6-16(26)2/h7-12,14,16-17H,4-6,13H2,1-3H3,(H,24,27)/t16-,17-/m0/s1. The second kappa shape index (κ2) is 8.02. The van der Waals surface area contributed by atoms with Gasteiger partial charge in [0.2, 0.25) is 5.91 Å². The van der Waals surface area contributed by atoms with Crippen LogP contribution in [0.15, 0.2) is 42.5 Å². The van der Waals surface area contributed by atoms with Gasteiger partial charge in [0.25, 0.3) is 0 Å². The van der Waals surface area contributed by atoms with Crippen molar-refractivity contribution in [1.82, 2.24) is 9.88 Å². The fraction of sp³-hybridized carbons (Fsp3) is 0.391. The molecule has 1 aromatic heterocycles. The minimum atomic E-state index is -0.109. The number of rotatable bonds is 4. The highest BCUT2D eigenvalue weighted by atomic mass is 32.1. The lowest BCUT2D eigenvalue weighted by Crippen LogP contribution is -2.48. The summed E-state index contributed by atoms with van der Waals surface area (Å²) in [6, 6.07) is 14.7. The van der Waals surface area contributed by atoms with Crippen LogP contribution in [0, 0.1) is 6.92 Å². The Morgan fingerprint density at radius 3 is 2.75 bits per heavy atom. The summed E-state index contributed by atoms with van der Waals surface area (Å²) in [5, 5.41) is 4.08. The first-order valence-electron chi connectivity index (χ1n) is 10.1. The first-order chi connectivity index (χ1) is 13.5. The number of fused-ring (bicyclic) bond motifs is 1. The number of carbonyl (C=O) groups excluding carboxylic acids is 1. The van der Waals surface area contributed by atoms with E-state index in [0.717, 1.165) is 28.3 Å². The maximum atomic E-state index is 12.7. The van der Waals surface area contributed by atoms with Crippen molar-refractivity contribution in [2.24, 2.45) is 0 Å². The molecule has 0 saturated carbocycles. The number of nitrogens with one attached hydrogen (secondary N) is 1. The van der Waals surface area contributed by atoms with Crippen LogP contribution in [0.3, 0.4) is 0 Å². The molecular formula is C23H27N3OS. The number of thiazole rings is 1. The first kappa shape index (κ1) is 19.1. The van der Waals surface area contributed by atoms with Crippen LogP contribution < -0.4 is 5.32 Å². The lowest BCUT2D eigenvalue weighted by atomic mass is 10.0. The molecular weight excluding hydrogens is 366 g/mol. The predicted octanol–water partition coefficient (Wildman–Crippen LogP) is 5.47. The molecule has 3 aromatic rings. The van der Waals surface area contributed by atoms with Crippen molar-refractivity contribution in [3.05, 3.63) is 48.0 Å². The first-order valence-corrected chi connectivity index (χ1v) is 10.9. The lowest BCUT2D eigenvalue weighted by Gasteiger charge is -2.37. The van der Waals surface area contributed by atoms with Crippen LogP contribution in [0.25, 0.3) is 20.8 Å². The molecule has 0 spiro atoms. The molecule has 2 atom stereocenters. The summed E-state index contributed by atoms with van der Waals surface area (Å²) < 4.78 is 1.21. The Morgan fingerprint density at radius 1 is 1.21 bits per heavy atom. The summed E-state index contributed by atoms with van der Waals surface area (Å²) in [7, 11) is 0. The Bertz CT molecular complexity index is 979. The average Bonchev–Trinajstić information content (AvgIpc) is 3.11. The van der Waals surface area contributed by atoms with E-state index in [1.807, 2.05) is 31.2 Å². The summed E-state index contributed by atoms with van der Waals surface area (Å²) in [6.07, 6.45) is 3.62. The molecule has 1 aliphatic heterocycles. The third-order valence-electron chi connectivity index (χ3n) is 5.67. The maximum absolute atomic E-state index is 12.7. The Hall–Kier alpha value is -2.24. The van der Waals surface area contributed by atoms with Crippen molar-refractivity contribution < 1.29 is 4.79 Å². The van der Waals surface area contributed by atoms with E-state index < -0.39 is 0 Å². The molecule has 1 saturated heterocycles. The largest absolute Gasteiger partial charge is 0.325 e. The summed E-state index contributed by atoms with van der Waals surface area (Å²) in [5.41, 5.74) is 4.20. The molecule has 1 amide bonds. The normalized spacial score (nSPS) is 18.9. The number of carbonyl (C=O) groups is 1. The van der Waals surface area contributed by atoms with E-state index in [0.29, 0.717) is 6.04 Å². The number of hydrogen-bond acceptors (Lipinski definition) is 4. The summed E-state index contributed by atoms with van der Waals surface area (Å²) in [6.45, 7) is 7.33. The third kappa shape index (κ3) is 3.96. The minimum absolute atomic E-state index is 0.0666. The number of aromatic nitrogens is 1. The van der Waals surface area contributed by atoms with Crippen molar-refractivity contribution >= 4 is 33.1 Å². The number of benzene rings is 2. The van der Waals surface area contributed by atoms with Crippen LogP contribution >= 0.6 is 11.3 Å². The Kier molecular flexibility index (Phi) is 5.47. The molecule has 4 rings (SSSR count). The van der Waals surface area contributed by atoms with Gasteiger partial charge in [0.1, 0.15) is 5.01 Å². The van der Waals surface area contributed by atoms with Gasteiger partial charge in [-0.15, -0.1) is 11.3 Å². The maximum Gasteiger partial charge on any atom is 0.241 e. The number of amides is 1. The van der Waals surface area contributed by atoms with Gasteiger partial charge in [-0.1, -0.05) is 12.5 Å². The van der Waals surface area contributed by atoms with Crippen LogP contribution in [-0.2, 0) is 4.79 Å². The second-order valence-corrected chi connectivity index (χ2v) is 8.85. The molecule has 1 aliphatic rings. The molecule has 2 aromatic carbocycles. The third-order valence-corrected chi connectivity index (χ3v) is 6.74. The molecule has 146 valence electrons. The van der Waals surface area contributed by atoms with Crippen molar-refractivity contribution in [3.8, 4) is 10.6 Å². The van der Waals surface area contributed by atoms with Crippen LogP contribution in [0.5, 0.6) is 0 Å². The van der Waals surface area contributed by atoms with E-state index >= 15 is 0 Å². The zero-order chi connectivity index (χ0) is 19.7. The van der Waals surface area contributed by atoms with Crippen molar-refractivity contribution in [1.29, 1.82) is 0 Å². The van der Waals surface area contributed by atoms with Crippen molar-refractivity contribution in [2.75, 3.05) is 11.9 Å². The molecule has 28 heavy (non-hydrogen) atoms. The average molecular weight is 394 g/mol. The molecule has 0 radical (unpaired) electrons. The fourth-order valence-electron chi connectivity index (χ4n) is 3.94. The highest BCUT2D eigenvalue weighted by Gasteiger charge is 2.27. The summed E-state index contributed by atoms with van der Waals surface area (Å²) in [4.78, 5) is 19.8. The van der Waals surface area contributed by atoms with Crippen molar-refractivity contribution in [2.45, 2.75) is 52.1 Å². The zero-order valence-electron chi connectivity index (χ0n) is 16.7. The van der Waals surface area contributed by atoms with Crippen LogP contribution in [0.4, 0.5) is 5.69 Å². The second-order valence-electron chi connectivity index (χ2n) is 7.82. The molecule has 0 aliphatic carbocycles. The number of aryl methyl sites for hydroxylation is 1. The number of hydrogen-bond donors (Lipinski definition) is 1. The number of nitrogens with zero attached hydrogens (tertiary/aromatic N) is 2. The zero-order valence-corrected chi connectivity index (χ0v) is 17.6. The SMILES string of the molecule is Cc1ccc2nc(-c3ccc(NC(=O)[C@H](C)N4CCCC[C@@H]4C)cc3)sc2c1. The molecule has 2 heterocycles. The van der Waals surface area contributed by atoms with Gasteiger partial charge >= 0.3 is 0 Å². The molecule has 5 heteroatoms. The van der Waals surface area contributed by atoms with E-state index in [1.54, 1.807) is 11.3 Å². The number of piperidine rings is 1. The lowest BCUT2D eigenvalue weighted by molar-refractivity contribution is -0.122. The Labute approximate surface area is 170 Å². The molecule has 0 bridgehead atoms. The van der Waals surface area contributed by atoms with Crippen LogP contribution in [-0.4, -0.2) is 34.4 Å². The monoisotopic (exact) mass is 393 g/mol. The van der Waals surface area contributed by atoms with Gasteiger partial charge in [0, 0.05) is 17.3 Å². The van der Waals surface area contributed by atoms with Gasteiger partial charge in [-0.2, -0.15) is 0 Å².